The van der Waals surface area contributed by atoms with E-state index >= 15 is 0 Å². The largest absolute Gasteiger partial charge is 0.489 e. The number of nitrogens with zero attached hydrogens (tertiary/aromatic N) is 1. The highest BCUT2D eigenvalue weighted by Crippen LogP contribution is 2.50. The number of fused-ring (bicyclic) bond motifs is 3. The second-order valence-electron chi connectivity index (χ2n) is 10.2. The summed E-state index contributed by atoms with van der Waals surface area (Å²) in [5.41, 5.74) is 4.05. The Morgan fingerprint density at radius 1 is 0.976 bits per heavy atom. The van der Waals surface area contributed by atoms with E-state index in [0.29, 0.717) is 17.4 Å². The molecule has 11 heteroatoms. The summed E-state index contributed by atoms with van der Waals surface area (Å²) in [4.78, 5) is 10.6. The molecule has 0 amide bonds. The van der Waals surface area contributed by atoms with Crippen LogP contribution in [-0.4, -0.2) is 13.3 Å². The van der Waals surface area contributed by atoms with Gasteiger partial charge in [-0.25, -0.2) is 8.42 Å². The molecule has 1 heterocycles. The number of rotatable bonds is 8. The second-order valence-corrected chi connectivity index (χ2v) is 12.8. The van der Waals surface area contributed by atoms with E-state index in [2.05, 4.69) is 22.2 Å². The number of benzene rings is 4. The first-order valence-electron chi connectivity index (χ1n) is 13.2. The molecule has 0 saturated heterocycles. The van der Waals surface area contributed by atoms with E-state index in [0.717, 1.165) is 28.8 Å². The minimum Gasteiger partial charge on any atom is -0.489 e. The average molecular weight is 623 g/mol. The Morgan fingerprint density at radius 3 is 2.45 bits per heavy atom. The zero-order valence-corrected chi connectivity index (χ0v) is 24.4. The van der Waals surface area contributed by atoms with Crippen LogP contribution in [0.4, 0.5) is 17.1 Å². The Morgan fingerprint density at radius 2 is 1.74 bits per heavy atom. The lowest BCUT2D eigenvalue weighted by molar-refractivity contribution is -0.384. The summed E-state index contributed by atoms with van der Waals surface area (Å²) in [5, 5.41) is 15.1. The summed E-state index contributed by atoms with van der Waals surface area (Å²) in [6.07, 6.45) is 5.16. The summed E-state index contributed by atoms with van der Waals surface area (Å²) < 4.78 is 34.9. The highest BCUT2D eigenvalue weighted by molar-refractivity contribution is 7.92. The highest BCUT2D eigenvalue weighted by Gasteiger charge is 2.38. The maximum atomic E-state index is 13.2. The van der Waals surface area contributed by atoms with Crippen LogP contribution >= 0.6 is 23.2 Å². The predicted octanol–water partition coefficient (Wildman–Crippen LogP) is 8.11. The summed E-state index contributed by atoms with van der Waals surface area (Å²) in [5.74, 6) is 0.956. The van der Waals surface area contributed by atoms with E-state index in [4.69, 9.17) is 27.9 Å². The van der Waals surface area contributed by atoms with E-state index in [9.17, 15) is 18.5 Å². The van der Waals surface area contributed by atoms with Gasteiger partial charge in [-0.2, -0.15) is 0 Å². The molecule has 0 unspecified atom stereocenters. The molecule has 0 fully saturated rings. The van der Waals surface area contributed by atoms with Crippen LogP contribution in [0.15, 0.2) is 102 Å². The smallest absolute Gasteiger partial charge is 0.269 e. The minimum absolute atomic E-state index is 0.0229. The van der Waals surface area contributed by atoms with Crippen LogP contribution < -0.4 is 14.8 Å². The van der Waals surface area contributed by atoms with Crippen LogP contribution in [0.25, 0.3) is 0 Å². The fourth-order valence-corrected chi connectivity index (χ4v) is 7.12. The molecule has 0 aromatic heterocycles. The van der Waals surface area contributed by atoms with Gasteiger partial charge < -0.3 is 10.1 Å². The fourth-order valence-electron chi connectivity index (χ4n) is 5.50. The van der Waals surface area contributed by atoms with E-state index < -0.39 is 14.9 Å². The highest BCUT2D eigenvalue weighted by atomic mass is 35.5. The fraction of sp³-hybridized carbons (Fsp3) is 0.161. The third-order valence-electron chi connectivity index (χ3n) is 7.61. The Bertz CT molecular complexity index is 1790. The molecule has 0 bridgehead atoms. The molecule has 4 aromatic rings. The summed E-state index contributed by atoms with van der Waals surface area (Å²) in [7, 11) is -3.89. The van der Waals surface area contributed by atoms with Crippen LogP contribution in [0.5, 0.6) is 5.75 Å². The van der Waals surface area contributed by atoms with E-state index in [-0.39, 0.29) is 39.2 Å². The molecule has 42 heavy (non-hydrogen) atoms. The molecule has 0 spiro atoms. The van der Waals surface area contributed by atoms with Gasteiger partial charge in [0.1, 0.15) is 12.4 Å². The van der Waals surface area contributed by atoms with Crippen molar-refractivity contribution in [1.82, 2.24) is 0 Å². The Hall–Kier alpha value is -4.05. The molecule has 8 nitrogen and oxygen atoms in total. The summed E-state index contributed by atoms with van der Waals surface area (Å²) >= 11 is 12.1. The van der Waals surface area contributed by atoms with Gasteiger partial charge in [-0.1, -0.05) is 47.5 Å². The van der Waals surface area contributed by atoms with Crippen LogP contribution in [0.3, 0.4) is 0 Å². The normalized spacial score (nSPS) is 19.0. The Kier molecular flexibility index (Phi) is 7.57. The van der Waals surface area contributed by atoms with Crippen LogP contribution in [0.2, 0.25) is 10.0 Å². The van der Waals surface area contributed by atoms with Crippen LogP contribution in [0.1, 0.15) is 35.1 Å². The van der Waals surface area contributed by atoms with E-state index in [1.54, 1.807) is 30.3 Å². The van der Waals surface area contributed by atoms with E-state index in [1.807, 2.05) is 30.3 Å². The molecule has 3 atom stereocenters. The number of sulfonamides is 1. The molecule has 1 aliphatic heterocycles. The van der Waals surface area contributed by atoms with Crippen molar-refractivity contribution in [2.45, 2.75) is 29.9 Å². The Labute approximate surface area is 253 Å². The zero-order chi connectivity index (χ0) is 29.4. The number of anilines is 2. The standard InChI is InChI=1S/C31H25Cl2N3O5S/c32-21-8-14-30(28(33)16-21)35-42(39,40)24-13-15-29-27(17-24)25-2-1-3-26(25)31(34-29)20-6-11-23(12-7-20)41-18-19-4-9-22(10-5-19)36(37)38/h1-2,4-17,25-26,31,34-35H,3,18H2/t25-,26+,31+/m0/s1. The number of nitro groups is 1. The van der Waals surface area contributed by atoms with Gasteiger partial charge in [-0.15, -0.1) is 0 Å². The van der Waals surface area contributed by atoms with Crippen LogP contribution in [-0.2, 0) is 16.6 Å². The van der Waals surface area contributed by atoms with Crippen molar-refractivity contribution in [1.29, 1.82) is 0 Å². The molecule has 2 aliphatic rings. The topological polar surface area (TPSA) is 111 Å². The van der Waals surface area contributed by atoms with Gasteiger partial charge in [0.2, 0.25) is 0 Å². The average Bonchev–Trinajstić information content (AvgIpc) is 3.48. The van der Waals surface area contributed by atoms with Gasteiger partial charge >= 0.3 is 0 Å². The molecular formula is C31H25Cl2N3O5S. The summed E-state index contributed by atoms with van der Waals surface area (Å²) in [6, 6.07) is 23.9. The number of hydrogen-bond acceptors (Lipinski definition) is 6. The first-order valence-corrected chi connectivity index (χ1v) is 15.4. The number of ether oxygens (including phenoxy) is 1. The summed E-state index contributed by atoms with van der Waals surface area (Å²) in [6.45, 7) is 0.297. The lowest BCUT2D eigenvalue weighted by Gasteiger charge is -2.37. The van der Waals surface area contributed by atoms with Gasteiger partial charge in [0.15, 0.2) is 0 Å². The molecule has 6 rings (SSSR count). The lowest BCUT2D eigenvalue weighted by atomic mass is 9.77. The van der Waals surface area contributed by atoms with Gasteiger partial charge in [-0.3, -0.25) is 14.8 Å². The van der Waals surface area contributed by atoms with Gasteiger partial charge in [0.25, 0.3) is 15.7 Å². The van der Waals surface area contributed by atoms with Crippen molar-refractivity contribution in [3.05, 3.63) is 134 Å². The first kappa shape index (κ1) is 28.1. The molecule has 214 valence electrons. The van der Waals surface area contributed by atoms with Crippen molar-refractivity contribution >= 4 is 50.3 Å². The lowest BCUT2D eigenvalue weighted by Crippen LogP contribution is -2.29. The quantitative estimate of drug-likeness (QED) is 0.117. The van der Waals surface area contributed by atoms with Gasteiger partial charge in [-0.05, 0) is 89.7 Å². The second kappa shape index (κ2) is 11.3. The minimum atomic E-state index is -3.89. The molecule has 0 radical (unpaired) electrons. The molecule has 1 aliphatic carbocycles. The monoisotopic (exact) mass is 621 g/mol. The SMILES string of the molecule is O=[N+]([O-])c1ccc(COc2ccc([C@H]3Nc4ccc(S(=O)(=O)Nc5ccc(Cl)cc5Cl)cc4[C@H]4C=CC[C@H]43)cc2)cc1. The van der Waals surface area contributed by atoms with Crippen molar-refractivity contribution in [3.63, 3.8) is 0 Å². The van der Waals surface area contributed by atoms with E-state index in [1.165, 1.54) is 24.3 Å². The molecule has 2 N–H and O–H groups in total. The number of hydrogen-bond donors (Lipinski definition) is 2. The number of nitrogens with one attached hydrogen (secondary N) is 2. The maximum Gasteiger partial charge on any atom is 0.269 e. The third kappa shape index (κ3) is 5.68. The van der Waals surface area contributed by atoms with Crippen molar-refractivity contribution < 1.29 is 18.1 Å². The predicted molar refractivity (Wildman–Crippen MR) is 164 cm³/mol. The van der Waals surface area contributed by atoms with Crippen molar-refractivity contribution in [2.24, 2.45) is 5.92 Å². The van der Waals surface area contributed by atoms with Crippen molar-refractivity contribution in [2.75, 3.05) is 10.0 Å². The number of halogens is 2. The Balaban J connectivity index is 1.18. The zero-order valence-electron chi connectivity index (χ0n) is 22.0. The van der Waals surface area contributed by atoms with Gasteiger partial charge in [0, 0.05) is 28.8 Å². The third-order valence-corrected chi connectivity index (χ3v) is 9.52. The maximum absolute atomic E-state index is 13.2. The van der Waals surface area contributed by atoms with Gasteiger partial charge in [0.05, 0.1) is 26.6 Å². The van der Waals surface area contributed by atoms with Crippen molar-refractivity contribution in [3.8, 4) is 5.75 Å². The number of non-ortho nitro benzene ring substituents is 1. The molecule has 0 saturated carbocycles. The number of nitro benzene ring substituents is 1. The van der Waals surface area contributed by atoms with Crippen LogP contribution in [0, 0.1) is 16.0 Å². The first-order chi connectivity index (χ1) is 20.2. The molecule has 4 aromatic carbocycles. The molecular weight excluding hydrogens is 597 g/mol. The number of allylic oxidation sites excluding steroid dienone is 2.